The van der Waals surface area contributed by atoms with Crippen LogP contribution in [0.3, 0.4) is 0 Å². The summed E-state index contributed by atoms with van der Waals surface area (Å²) in [6.07, 6.45) is 8.47. The zero-order chi connectivity index (χ0) is 13.8. The van der Waals surface area contributed by atoms with E-state index in [-0.39, 0.29) is 11.7 Å². The van der Waals surface area contributed by atoms with Gasteiger partial charge in [0.15, 0.2) is 0 Å². The van der Waals surface area contributed by atoms with Crippen LogP contribution in [0.25, 0.3) is 0 Å². The molecule has 0 spiro atoms. The summed E-state index contributed by atoms with van der Waals surface area (Å²) in [5, 5.41) is 3.10. The number of carbonyl (C=O) groups excluding carboxylic acids is 1. The van der Waals surface area contributed by atoms with Crippen molar-refractivity contribution >= 4 is 5.91 Å². The van der Waals surface area contributed by atoms with Gasteiger partial charge in [-0.15, -0.1) is 0 Å². The van der Waals surface area contributed by atoms with Crippen LogP contribution in [0.4, 0.5) is 4.39 Å². The topological polar surface area (TPSA) is 29.1 Å². The van der Waals surface area contributed by atoms with Crippen LogP contribution in [-0.4, -0.2) is 11.9 Å². The molecule has 0 aromatic rings. The monoisotopic (exact) mass is 265 g/mol. The lowest BCUT2D eigenvalue weighted by Gasteiger charge is -2.31. The van der Waals surface area contributed by atoms with Gasteiger partial charge in [0, 0.05) is 18.0 Å². The Kier molecular flexibility index (Phi) is 4.78. The third-order valence-corrected chi connectivity index (χ3v) is 4.44. The van der Waals surface area contributed by atoms with Gasteiger partial charge in [-0.1, -0.05) is 19.9 Å². The minimum Gasteiger partial charge on any atom is -0.350 e. The fourth-order valence-electron chi connectivity index (χ4n) is 3.01. The van der Waals surface area contributed by atoms with Crippen LogP contribution in [0.2, 0.25) is 0 Å². The van der Waals surface area contributed by atoms with Gasteiger partial charge < -0.3 is 5.32 Å². The number of rotatable bonds is 3. The Labute approximate surface area is 115 Å². The average molecular weight is 265 g/mol. The largest absolute Gasteiger partial charge is 0.350 e. The van der Waals surface area contributed by atoms with Gasteiger partial charge in [-0.05, 0) is 50.0 Å². The van der Waals surface area contributed by atoms with E-state index in [1.807, 2.05) is 0 Å². The van der Waals surface area contributed by atoms with Gasteiger partial charge in [0.25, 0.3) is 0 Å². The van der Waals surface area contributed by atoms with Crippen molar-refractivity contribution in [2.24, 2.45) is 11.8 Å². The lowest BCUT2D eigenvalue weighted by molar-refractivity contribution is -0.118. The normalized spacial score (nSPS) is 27.8. The molecule has 0 aliphatic heterocycles. The molecule has 0 saturated heterocycles. The quantitative estimate of drug-likeness (QED) is 0.824. The molecular formula is C16H24FNO. The van der Waals surface area contributed by atoms with E-state index in [2.05, 4.69) is 19.2 Å². The molecule has 0 unspecified atom stereocenters. The zero-order valence-corrected chi connectivity index (χ0v) is 11.9. The van der Waals surface area contributed by atoms with Crippen molar-refractivity contribution in [3.8, 4) is 0 Å². The molecule has 19 heavy (non-hydrogen) atoms. The van der Waals surface area contributed by atoms with Crippen molar-refractivity contribution in [1.29, 1.82) is 0 Å². The molecule has 0 atom stereocenters. The van der Waals surface area contributed by atoms with Gasteiger partial charge >= 0.3 is 0 Å². The van der Waals surface area contributed by atoms with E-state index in [9.17, 15) is 9.18 Å². The zero-order valence-electron chi connectivity index (χ0n) is 11.9. The Hall–Kier alpha value is -1.12. The van der Waals surface area contributed by atoms with E-state index in [0.717, 1.165) is 24.7 Å². The molecule has 2 nitrogen and oxygen atoms in total. The fourth-order valence-corrected chi connectivity index (χ4v) is 3.01. The van der Waals surface area contributed by atoms with Gasteiger partial charge in [-0.3, -0.25) is 4.79 Å². The summed E-state index contributed by atoms with van der Waals surface area (Å²) in [6.45, 7) is 4.55. The molecule has 2 aliphatic carbocycles. The second kappa shape index (κ2) is 6.36. The van der Waals surface area contributed by atoms with Crippen molar-refractivity contribution in [1.82, 2.24) is 5.32 Å². The van der Waals surface area contributed by atoms with Gasteiger partial charge in [0.1, 0.15) is 5.83 Å². The molecule has 1 N–H and O–H groups in total. The molecule has 1 amide bonds. The second-order valence-electron chi connectivity index (χ2n) is 6.13. The summed E-state index contributed by atoms with van der Waals surface area (Å²) in [4.78, 5) is 12.1. The highest BCUT2D eigenvalue weighted by atomic mass is 19.1. The summed E-state index contributed by atoms with van der Waals surface area (Å²) in [6, 6.07) is 0.305. The molecule has 2 rings (SSSR count). The molecule has 1 fully saturated rings. The fraction of sp³-hybridized carbons (Fsp3) is 0.688. The van der Waals surface area contributed by atoms with Crippen molar-refractivity contribution in [2.75, 3.05) is 0 Å². The van der Waals surface area contributed by atoms with Crippen LogP contribution in [0, 0.1) is 11.8 Å². The highest BCUT2D eigenvalue weighted by Gasteiger charge is 2.25. The maximum Gasteiger partial charge on any atom is 0.247 e. The number of allylic oxidation sites excluding steroid dienone is 3. The molecule has 3 heteroatoms. The first-order valence-corrected chi connectivity index (χ1v) is 7.42. The highest BCUT2D eigenvalue weighted by Crippen LogP contribution is 2.30. The molecule has 0 bridgehead atoms. The van der Waals surface area contributed by atoms with Crippen LogP contribution in [0.15, 0.2) is 23.6 Å². The Bertz CT molecular complexity index is 390. The standard InChI is InChI=1S/C16H24FNO/c1-11(2)12-5-9-15(10-6-12)18-16(19)13-3-7-14(17)8-4-13/h3,7,11-12,15H,4-6,8-10H2,1-2H3,(H,18,19). The summed E-state index contributed by atoms with van der Waals surface area (Å²) in [5.74, 6) is 1.41. The molecule has 2 aliphatic rings. The summed E-state index contributed by atoms with van der Waals surface area (Å²) in [5.41, 5.74) is 0.715. The maximum atomic E-state index is 12.9. The van der Waals surface area contributed by atoms with Crippen LogP contribution >= 0.6 is 0 Å². The Morgan fingerprint density at radius 1 is 1.21 bits per heavy atom. The summed E-state index contributed by atoms with van der Waals surface area (Å²) >= 11 is 0. The Morgan fingerprint density at radius 2 is 1.89 bits per heavy atom. The van der Waals surface area contributed by atoms with Crippen LogP contribution in [0.1, 0.15) is 52.4 Å². The van der Waals surface area contributed by atoms with E-state index in [0.29, 0.717) is 24.5 Å². The predicted molar refractivity (Wildman–Crippen MR) is 75.2 cm³/mol. The predicted octanol–water partition coefficient (Wildman–Crippen LogP) is 3.89. The van der Waals surface area contributed by atoms with Crippen molar-refractivity contribution < 1.29 is 9.18 Å². The first-order chi connectivity index (χ1) is 9.06. The van der Waals surface area contributed by atoms with Crippen molar-refractivity contribution in [3.63, 3.8) is 0 Å². The van der Waals surface area contributed by atoms with E-state index in [4.69, 9.17) is 0 Å². The Balaban J connectivity index is 1.81. The number of hydrogen-bond donors (Lipinski definition) is 1. The molecule has 0 heterocycles. The smallest absolute Gasteiger partial charge is 0.247 e. The van der Waals surface area contributed by atoms with Crippen LogP contribution in [-0.2, 0) is 4.79 Å². The minimum atomic E-state index is -0.131. The number of carbonyl (C=O) groups is 1. The second-order valence-corrected chi connectivity index (χ2v) is 6.13. The maximum absolute atomic E-state index is 12.9. The van der Waals surface area contributed by atoms with E-state index in [1.165, 1.54) is 18.9 Å². The average Bonchev–Trinajstić information content (AvgIpc) is 2.40. The molecule has 0 radical (unpaired) electrons. The van der Waals surface area contributed by atoms with Gasteiger partial charge in [-0.2, -0.15) is 0 Å². The minimum absolute atomic E-state index is 0.00301. The van der Waals surface area contributed by atoms with Gasteiger partial charge in [-0.25, -0.2) is 4.39 Å². The molecule has 0 aromatic heterocycles. The van der Waals surface area contributed by atoms with Gasteiger partial charge in [0.05, 0.1) is 0 Å². The first kappa shape index (κ1) is 14.3. The molecule has 106 valence electrons. The lowest BCUT2D eigenvalue weighted by atomic mass is 9.79. The third-order valence-electron chi connectivity index (χ3n) is 4.44. The number of nitrogens with one attached hydrogen (secondary N) is 1. The molecular weight excluding hydrogens is 241 g/mol. The van der Waals surface area contributed by atoms with Crippen LogP contribution in [0.5, 0.6) is 0 Å². The van der Waals surface area contributed by atoms with E-state index in [1.54, 1.807) is 6.08 Å². The third kappa shape index (κ3) is 3.92. The van der Waals surface area contributed by atoms with E-state index >= 15 is 0 Å². The first-order valence-electron chi connectivity index (χ1n) is 7.42. The molecule has 0 aromatic carbocycles. The number of halogens is 1. The SMILES string of the molecule is CC(C)C1CCC(NC(=O)C2=CC=C(F)CC2)CC1. The number of amides is 1. The van der Waals surface area contributed by atoms with E-state index < -0.39 is 0 Å². The van der Waals surface area contributed by atoms with Crippen molar-refractivity contribution in [3.05, 3.63) is 23.6 Å². The Morgan fingerprint density at radius 3 is 2.42 bits per heavy atom. The molecule has 1 saturated carbocycles. The van der Waals surface area contributed by atoms with Crippen LogP contribution < -0.4 is 5.32 Å². The van der Waals surface area contributed by atoms with Gasteiger partial charge in [0.2, 0.25) is 5.91 Å². The van der Waals surface area contributed by atoms with Crippen molar-refractivity contribution in [2.45, 2.75) is 58.4 Å². The number of hydrogen-bond acceptors (Lipinski definition) is 1. The highest BCUT2D eigenvalue weighted by molar-refractivity contribution is 5.94. The lowest BCUT2D eigenvalue weighted by Crippen LogP contribution is -2.39. The summed E-state index contributed by atoms with van der Waals surface area (Å²) in [7, 11) is 0. The summed E-state index contributed by atoms with van der Waals surface area (Å²) < 4.78 is 12.9.